The van der Waals surface area contributed by atoms with E-state index < -0.39 is 0 Å². The summed E-state index contributed by atoms with van der Waals surface area (Å²) in [5.41, 5.74) is 9.23. The summed E-state index contributed by atoms with van der Waals surface area (Å²) >= 11 is 0. The smallest absolute Gasteiger partial charge is 0.232 e. The molecule has 1 spiro atoms. The predicted octanol–water partition coefficient (Wildman–Crippen LogP) is 2.43. The van der Waals surface area contributed by atoms with Gasteiger partial charge in [-0.2, -0.15) is 0 Å². The van der Waals surface area contributed by atoms with E-state index in [4.69, 9.17) is 15.9 Å². The van der Waals surface area contributed by atoms with Crippen LogP contribution in [0, 0.1) is 5.92 Å². The van der Waals surface area contributed by atoms with Gasteiger partial charge in [0.1, 0.15) is 29.2 Å². The van der Waals surface area contributed by atoms with Gasteiger partial charge < -0.3 is 15.4 Å². The molecule has 4 aliphatic rings. The van der Waals surface area contributed by atoms with E-state index in [9.17, 15) is 0 Å². The van der Waals surface area contributed by atoms with Gasteiger partial charge in [0.2, 0.25) is 5.71 Å². The standard InChI is InChI=1S/C27H36N6O/c1-18(13-19-3-4-19)33-12-11-32(16-27(33)9-10-27)24-15-23(30-17-31-24)25(29)21-14-20(5-6-22(21)28)34-26(2)7-8-26/h5-6,14-15,17-19,29H,3-4,7-13,16,28H2,1-2H3/p+1. The molecule has 1 unspecified atom stereocenters. The molecular weight excluding hydrogens is 424 g/mol. The molecule has 1 saturated heterocycles. The average Bonchev–Trinajstić information content (AvgIpc) is 3.74. The van der Waals surface area contributed by atoms with E-state index in [0.29, 0.717) is 28.7 Å². The number of ether oxygens (including phenoxy) is 1. The van der Waals surface area contributed by atoms with Gasteiger partial charge in [0, 0.05) is 43.0 Å². The largest absolute Gasteiger partial charge is 0.488 e. The Morgan fingerprint density at radius 1 is 1.18 bits per heavy atom. The maximum Gasteiger partial charge on any atom is 0.232 e. The molecule has 1 aromatic heterocycles. The lowest BCUT2D eigenvalue weighted by Crippen LogP contribution is -2.58. The molecule has 2 aromatic rings. The fraction of sp³-hybridized carbons (Fsp3) is 0.593. The zero-order valence-corrected chi connectivity index (χ0v) is 20.5. The zero-order valence-electron chi connectivity index (χ0n) is 20.5. The molecule has 0 bridgehead atoms. The first-order valence-electron chi connectivity index (χ1n) is 12.9. The number of hydrogen-bond donors (Lipinski definition) is 2. The molecule has 7 heteroatoms. The van der Waals surface area contributed by atoms with Gasteiger partial charge in [-0.15, -0.1) is 0 Å². The summed E-state index contributed by atoms with van der Waals surface area (Å²) in [5.74, 6) is 2.72. The molecule has 3 aliphatic carbocycles. The van der Waals surface area contributed by atoms with Gasteiger partial charge >= 0.3 is 0 Å². The van der Waals surface area contributed by atoms with E-state index in [-0.39, 0.29) is 5.60 Å². The number of rotatable bonds is 8. The third-order valence-corrected chi connectivity index (χ3v) is 8.32. The van der Waals surface area contributed by atoms with Crippen LogP contribution in [-0.4, -0.2) is 57.4 Å². The molecule has 6 rings (SSSR count). The molecule has 180 valence electrons. The molecule has 1 aliphatic heterocycles. The molecule has 7 nitrogen and oxygen atoms in total. The van der Waals surface area contributed by atoms with Gasteiger partial charge in [0.05, 0.1) is 5.56 Å². The van der Waals surface area contributed by atoms with E-state index in [2.05, 4.69) is 33.6 Å². The highest BCUT2D eigenvalue weighted by Crippen LogP contribution is 2.47. The van der Waals surface area contributed by atoms with Gasteiger partial charge in [-0.05, 0) is 70.1 Å². The van der Waals surface area contributed by atoms with Crippen molar-refractivity contribution in [3.8, 4) is 5.75 Å². The minimum absolute atomic E-state index is 0.0543. The summed E-state index contributed by atoms with van der Waals surface area (Å²) in [6.07, 6.45) is 10.6. The Morgan fingerprint density at radius 2 is 1.97 bits per heavy atom. The lowest BCUT2D eigenvalue weighted by atomic mass is 10.0. The predicted molar refractivity (Wildman–Crippen MR) is 134 cm³/mol. The topological polar surface area (TPSA) is 93.1 Å². The Labute approximate surface area is 202 Å². The summed E-state index contributed by atoms with van der Waals surface area (Å²) in [6.45, 7) is 7.67. The maximum atomic E-state index is 6.61. The summed E-state index contributed by atoms with van der Waals surface area (Å²) < 4.78 is 6.13. The van der Waals surface area contributed by atoms with Crippen LogP contribution in [0.25, 0.3) is 0 Å². The summed E-state index contributed by atoms with van der Waals surface area (Å²) in [4.78, 5) is 14.3. The lowest BCUT2D eigenvalue weighted by Gasteiger charge is -2.45. The number of nitrogen functional groups attached to an aromatic ring is 1. The molecule has 1 atom stereocenters. The second-order valence-electron chi connectivity index (χ2n) is 11.3. The van der Waals surface area contributed by atoms with Crippen LogP contribution >= 0.6 is 0 Å². The fourth-order valence-electron chi connectivity index (χ4n) is 5.63. The second-order valence-corrected chi connectivity index (χ2v) is 11.3. The molecule has 1 aromatic carbocycles. The first kappa shape index (κ1) is 21.8. The van der Waals surface area contributed by atoms with Gasteiger partial charge in [-0.25, -0.2) is 9.97 Å². The van der Waals surface area contributed by atoms with Gasteiger partial charge in [-0.3, -0.25) is 10.3 Å². The molecule has 3 saturated carbocycles. The van der Waals surface area contributed by atoms with Gasteiger partial charge in [-0.1, -0.05) is 12.8 Å². The first-order chi connectivity index (χ1) is 16.3. The molecule has 0 amide bonds. The lowest BCUT2D eigenvalue weighted by molar-refractivity contribution is -0.111. The highest BCUT2D eigenvalue weighted by atomic mass is 16.5. The number of anilines is 2. The third-order valence-electron chi connectivity index (χ3n) is 8.32. The number of benzene rings is 1. The molecule has 4 fully saturated rings. The van der Waals surface area contributed by atoms with Crippen LogP contribution in [0.5, 0.6) is 5.75 Å². The van der Waals surface area contributed by atoms with Crippen molar-refractivity contribution in [1.82, 2.24) is 14.9 Å². The minimum Gasteiger partial charge on any atom is -0.488 e. The van der Waals surface area contributed by atoms with Crippen molar-refractivity contribution in [2.24, 2.45) is 5.92 Å². The monoisotopic (exact) mass is 461 g/mol. The van der Waals surface area contributed by atoms with Crippen LogP contribution in [0.4, 0.5) is 11.5 Å². The van der Waals surface area contributed by atoms with Crippen LogP contribution < -0.4 is 20.8 Å². The normalized spacial score (nSPS) is 23.5. The Bertz CT molecular complexity index is 1100. The molecule has 2 heterocycles. The Balaban J connectivity index is 1.19. The van der Waals surface area contributed by atoms with E-state index in [0.717, 1.165) is 55.5 Å². The Hall–Kier alpha value is -2.67. The summed E-state index contributed by atoms with van der Waals surface area (Å²) in [7, 11) is 0. The quantitative estimate of drug-likeness (QED) is 0.463. The molecule has 4 N–H and O–H groups in total. The second kappa shape index (κ2) is 7.94. The van der Waals surface area contributed by atoms with Crippen LogP contribution in [-0.2, 0) is 0 Å². The van der Waals surface area contributed by atoms with Gasteiger partial charge in [0.25, 0.3) is 0 Å². The fourth-order valence-corrected chi connectivity index (χ4v) is 5.63. The highest BCUT2D eigenvalue weighted by molar-refractivity contribution is 6.11. The minimum atomic E-state index is -0.0543. The Morgan fingerprint density at radius 3 is 2.68 bits per heavy atom. The van der Waals surface area contributed by atoms with E-state index in [1.165, 1.54) is 32.1 Å². The summed E-state index contributed by atoms with van der Waals surface area (Å²) in [5, 5.41) is 6.61. The highest BCUT2D eigenvalue weighted by Gasteiger charge is 2.53. The van der Waals surface area contributed by atoms with Crippen LogP contribution in [0.15, 0.2) is 30.6 Å². The van der Waals surface area contributed by atoms with E-state index in [1.54, 1.807) is 6.33 Å². The number of hydrogen-bond acceptors (Lipinski definition) is 6. The zero-order chi connectivity index (χ0) is 23.5. The number of nitrogens with zero attached hydrogens (tertiary/aromatic N) is 4. The Kier molecular flexibility index (Phi) is 5.10. The van der Waals surface area contributed by atoms with Crippen LogP contribution in [0.3, 0.4) is 0 Å². The first-order valence-corrected chi connectivity index (χ1v) is 12.9. The van der Waals surface area contributed by atoms with Crippen LogP contribution in [0.1, 0.15) is 70.1 Å². The van der Waals surface area contributed by atoms with E-state index in [1.807, 2.05) is 24.3 Å². The number of piperazine rings is 1. The third kappa shape index (κ3) is 4.26. The SMILES string of the molecule is CC(CC1CC1)N1CCN(c2cc(C(=[NH2+])c3cc(OC4(C)CC4)ccc3N)ncn2)CC12CC2. The molecule has 0 radical (unpaired) electrons. The number of nitrogens with two attached hydrogens (primary N) is 2. The summed E-state index contributed by atoms with van der Waals surface area (Å²) in [6, 6.07) is 8.42. The van der Waals surface area contributed by atoms with Crippen LogP contribution in [0.2, 0.25) is 0 Å². The van der Waals surface area contributed by atoms with Crippen molar-refractivity contribution in [2.75, 3.05) is 30.3 Å². The van der Waals surface area contributed by atoms with Crippen molar-refractivity contribution >= 4 is 17.2 Å². The van der Waals surface area contributed by atoms with Crippen molar-refractivity contribution in [3.05, 3.63) is 41.9 Å². The van der Waals surface area contributed by atoms with E-state index >= 15 is 0 Å². The number of aromatic nitrogens is 2. The van der Waals surface area contributed by atoms with Crippen molar-refractivity contribution < 1.29 is 10.1 Å². The average molecular weight is 462 g/mol. The van der Waals surface area contributed by atoms with Crippen molar-refractivity contribution in [3.63, 3.8) is 0 Å². The molecule has 34 heavy (non-hydrogen) atoms. The molecular formula is C27H37N6O+. The van der Waals surface area contributed by atoms with Crippen molar-refractivity contribution in [1.29, 1.82) is 0 Å². The van der Waals surface area contributed by atoms with Crippen molar-refractivity contribution in [2.45, 2.75) is 76.0 Å². The maximum absolute atomic E-state index is 6.61. The van der Waals surface area contributed by atoms with Gasteiger partial charge in [0.15, 0.2) is 0 Å².